The van der Waals surface area contributed by atoms with E-state index in [0.29, 0.717) is 18.3 Å². The number of esters is 1. The highest BCUT2D eigenvalue weighted by atomic mass is 16.5. The van der Waals surface area contributed by atoms with E-state index in [1.807, 2.05) is 6.08 Å². The van der Waals surface area contributed by atoms with Crippen LogP contribution in [0.3, 0.4) is 0 Å². The van der Waals surface area contributed by atoms with Crippen molar-refractivity contribution in [3.05, 3.63) is 23.3 Å². The smallest absolute Gasteiger partial charge is 0.306 e. The predicted molar refractivity (Wildman–Crippen MR) is 118 cm³/mol. The molecule has 0 amide bonds. The third kappa shape index (κ3) is 3.75. The molecule has 0 radical (unpaired) electrons. The Kier molecular flexibility index (Phi) is 5.93. The molecular formula is C26H34O6. The number of carboxylic acid groups (broad SMARTS) is 1. The van der Waals surface area contributed by atoms with E-state index in [9.17, 15) is 19.2 Å². The lowest BCUT2D eigenvalue weighted by Gasteiger charge is -2.53. The summed E-state index contributed by atoms with van der Waals surface area (Å²) < 4.78 is 5.14. The van der Waals surface area contributed by atoms with Gasteiger partial charge in [-0.1, -0.05) is 38.0 Å². The summed E-state index contributed by atoms with van der Waals surface area (Å²) >= 11 is 0. The standard InChI is InChI=1S/C26H34O6/c1-15-12-20-18-5-4-16-13-17(27)8-10-25(16,2)19(18)9-11-26(20,3)24(15)21(28)14-32-23(31)7-6-22(29)30/h9,13,15,18,20,24H,4-8,10-12,14H2,1-3H3,(H,29,30). The highest BCUT2D eigenvalue weighted by molar-refractivity contribution is 5.92. The summed E-state index contributed by atoms with van der Waals surface area (Å²) in [4.78, 5) is 47.6. The predicted octanol–water partition coefficient (Wildman–Crippen LogP) is 4.28. The summed E-state index contributed by atoms with van der Waals surface area (Å²) in [6.07, 6.45) is 9.02. The first-order valence-electron chi connectivity index (χ1n) is 11.9. The van der Waals surface area contributed by atoms with E-state index >= 15 is 0 Å². The molecule has 4 rings (SSSR count). The molecule has 0 aromatic rings. The third-order valence-corrected chi connectivity index (χ3v) is 8.94. The maximum atomic E-state index is 13.2. The van der Waals surface area contributed by atoms with Crippen molar-refractivity contribution in [3.63, 3.8) is 0 Å². The van der Waals surface area contributed by atoms with Gasteiger partial charge in [0.2, 0.25) is 0 Å². The Morgan fingerprint density at radius 3 is 2.66 bits per heavy atom. The number of allylic oxidation sites excluding steroid dienone is 4. The van der Waals surface area contributed by atoms with Crippen LogP contribution >= 0.6 is 0 Å². The van der Waals surface area contributed by atoms with Crippen molar-refractivity contribution in [2.45, 2.75) is 72.1 Å². The summed E-state index contributed by atoms with van der Waals surface area (Å²) in [5.41, 5.74) is 2.57. The number of fused-ring (bicyclic) bond motifs is 5. The third-order valence-electron chi connectivity index (χ3n) is 8.94. The van der Waals surface area contributed by atoms with Crippen LogP contribution < -0.4 is 0 Å². The first kappa shape index (κ1) is 22.9. The first-order chi connectivity index (χ1) is 15.1. The van der Waals surface area contributed by atoms with Crippen LogP contribution in [-0.2, 0) is 23.9 Å². The summed E-state index contributed by atoms with van der Waals surface area (Å²) in [6, 6.07) is 0. The van der Waals surface area contributed by atoms with E-state index in [4.69, 9.17) is 9.84 Å². The zero-order chi connectivity index (χ0) is 23.3. The lowest BCUT2D eigenvalue weighted by atomic mass is 9.51. The number of hydrogen-bond acceptors (Lipinski definition) is 5. The van der Waals surface area contributed by atoms with Crippen LogP contribution in [0.25, 0.3) is 0 Å². The van der Waals surface area contributed by atoms with Crippen molar-refractivity contribution in [2.75, 3.05) is 6.61 Å². The minimum Gasteiger partial charge on any atom is -0.481 e. The molecule has 174 valence electrons. The fraction of sp³-hybridized carbons (Fsp3) is 0.692. The SMILES string of the molecule is CC1CC2C3CCC4=CC(=O)CCC4(C)C3=CCC2(C)C1C(=O)COC(=O)CCC(=O)O. The van der Waals surface area contributed by atoms with Gasteiger partial charge in [0.15, 0.2) is 11.6 Å². The molecule has 0 aromatic heterocycles. The average molecular weight is 443 g/mol. The van der Waals surface area contributed by atoms with Gasteiger partial charge in [0.1, 0.15) is 6.61 Å². The molecule has 0 aromatic carbocycles. The van der Waals surface area contributed by atoms with Crippen LogP contribution in [0, 0.1) is 34.5 Å². The molecule has 32 heavy (non-hydrogen) atoms. The summed E-state index contributed by atoms with van der Waals surface area (Å²) in [7, 11) is 0. The van der Waals surface area contributed by atoms with Crippen molar-refractivity contribution in [3.8, 4) is 0 Å². The summed E-state index contributed by atoms with van der Waals surface area (Å²) in [5.74, 6) is -0.614. The molecule has 2 fully saturated rings. The number of carboxylic acids is 1. The average Bonchev–Trinajstić information content (AvgIpc) is 3.01. The second kappa shape index (κ2) is 8.27. The van der Waals surface area contributed by atoms with E-state index in [0.717, 1.165) is 32.1 Å². The summed E-state index contributed by atoms with van der Waals surface area (Å²) in [6.45, 7) is 6.38. The Bertz CT molecular complexity index is 913. The molecule has 4 aliphatic carbocycles. The quantitative estimate of drug-likeness (QED) is 0.487. The number of aliphatic carboxylic acids is 1. The molecule has 4 aliphatic rings. The zero-order valence-corrected chi connectivity index (χ0v) is 19.3. The van der Waals surface area contributed by atoms with E-state index in [1.54, 1.807) is 0 Å². The molecule has 0 aliphatic heterocycles. The number of rotatable bonds is 6. The molecule has 6 atom stereocenters. The number of Topliss-reactive ketones (excluding diaryl/α,β-unsaturated/α-hetero) is 1. The van der Waals surface area contributed by atoms with Gasteiger partial charge in [-0.2, -0.15) is 0 Å². The van der Waals surface area contributed by atoms with Gasteiger partial charge in [0, 0.05) is 17.8 Å². The van der Waals surface area contributed by atoms with Crippen molar-refractivity contribution < 1.29 is 29.0 Å². The van der Waals surface area contributed by atoms with Crippen molar-refractivity contribution >= 4 is 23.5 Å². The maximum absolute atomic E-state index is 13.2. The second-order valence-corrected chi connectivity index (χ2v) is 10.8. The second-order valence-electron chi connectivity index (χ2n) is 10.8. The largest absolute Gasteiger partial charge is 0.481 e. The van der Waals surface area contributed by atoms with E-state index < -0.39 is 11.9 Å². The Balaban J connectivity index is 1.51. The highest BCUT2D eigenvalue weighted by Crippen LogP contribution is 2.65. The molecule has 2 saturated carbocycles. The minimum absolute atomic E-state index is 0.0246. The van der Waals surface area contributed by atoms with Gasteiger partial charge in [0.05, 0.1) is 12.8 Å². The summed E-state index contributed by atoms with van der Waals surface area (Å²) in [5, 5.41) is 8.71. The van der Waals surface area contributed by atoms with Gasteiger partial charge in [-0.05, 0) is 61.3 Å². The molecule has 0 spiro atoms. The van der Waals surface area contributed by atoms with E-state index in [2.05, 4.69) is 26.8 Å². The zero-order valence-electron chi connectivity index (χ0n) is 19.3. The topological polar surface area (TPSA) is 97.7 Å². The van der Waals surface area contributed by atoms with Gasteiger partial charge in [0.25, 0.3) is 0 Å². The molecule has 6 heteroatoms. The lowest BCUT2D eigenvalue weighted by molar-refractivity contribution is -0.152. The molecule has 0 saturated heterocycles. The number of carbonyl (C=O) groups excluding carboxylic acids is 3. The van der Waals surface area contributed by atoms with Gasteiger partial charge in [-0.3, -0.25) is 19.2 Å². The van der Waals surface area contributed by atoms with Gasteiger partial charge < -0.3 is 9.84 Å². The van der Waals surface area contributed by atoms with Crippen molar-refractivity contribution in [1.82, 2.24) is 0 Å². The number of ether oxygens (including phenoxy) is 1. The fourth-order valence-electron chi connectivity index (χ4n) is 7.43. The number of carbonyl (C=O) groups is 4. The lowest BCUT2D eigenvalue weighted by Crippen LogP contribution is -2.46. The van der Waals surface area contributed by atoms with Gasteiger partial charge >= 0.3 is 11.9 Å². The van der Waals surface area contributed by atoms with Crippen LogP contribution in [0.15, 0.2) is 23.3 Å². The van der Waals surface area contributed by atoms with E-state index in [-0.39, 0.29) is 53.7 Å². The first-order valence-corrected chi connectivity index (χ1v) is 11.9. The van der Waals surface area contributed by atoms with Crippen LogP contribution in [-0.4, -0.2) is 35.2 Å². The van der Waals surface area contributed by atoms with Crippen molar-refractivity contribution in [1.29, 1.82) is 0 Å². The maximum Gasteiger partial charge on any atom is 0.306 e. The monoisotopic (exact) mass is 442 g/mol. The number of hydrogen-bond donors (Lipinski definition) is 1. The Morgan fingerprint density at radius 2 is 1.94 bits per heavy atom. The van der Waals surface area contributed by atoms with Crippen molar-refractivity contribution in [2.24, 2.45) is 34.5 Å². The molecule has 6 unspecified atom stereocenters. The minimum atomic E-state index is -1.06. The molecule has 1 N–H and O–H groups in total. The van der Waals surface area contributed by atoms with Crippen LogP contribution in [0.5, 0.6) is 0 Å². The van der Waals surface area contributed by atoms with Crippen LogP contribution in [0.4, 0.5) is 0 Å². The fourth-order valence-corrected chi connectivity index (χ4v) is 7.43. The van der Waals surface area contributed by atoms with Crippen LogP contribution in [0.2, 0.25) is 0 Å². The Morgan fingerprint density at radius 1 is 1.19 bits per heavy atom. The Labute approximate surface area is 189 Å². The molecule has 0 bridgehead atoms. The molecular weight excluding hydrogens is 408 g/mol. The van der Waals surface area contributed by atoms with Gasteiger partial charge in [-0.15, -0.1) is 0 Å². The van der Waals surface area contributed by atoms with Gasteiger partial charge in [-0.25, -0.2) is 0 Å². The van der Waals surface area contributed by atoms with E-state index in [1.165, 1.54) is 11.1 Å². The normalized spacial score (nSPS) is 38.0. The molecule has 0 heterocycles. The Hall–Kier alpha value is -2.24. The number of ketones is 2. The molecule has 6 nitrogen and oxygen atoms in total. The highest BCUT2D eigenvalue weighted by Gasteiger charge is 2.59. The van der Waals surface area contributed by atoms with Crippen LogP contribution in [0.1, 0.15) is 72.1 Å².